The van der Waals surface area contributed by atoms with Gasteiger partial charge >= 0.3 is 0 Å². The van der Waals surface area contributed by atoms with Crippen molar-refractivity contribution in [2.24, 2.45) is 0 Å². The van der Waals surface area contributed by atoms with Gasteiger partial charge in [-0.25, -0.2) is 0 Å². The highest BCUT2D eigenvalue weighted by Crippen LogP contribution is 2.19. The second-order valence-electron chi connectivity index (χ2n) is 3.46. The summed E-state index contributed by atoms with van der Waals surface area (Å²) in [5.41, 5.74) is 0.868. The molecule has 0 aromatic carbocycles. The normalized spacial score (nSPS) is 16.2. The van der Waals surface area contributed by atoms with Crippen LogP contribution >= 0.6 is 11.8 Å². The van der Waals surface area contributed by atoms with E-state index in [9.17, 15) is 9.59 Å². The van der Waals surface area contributed by atoms with E-state index in [0.717, 1.165) is 30.3 Å². The van der Waals surface area contributed by atoms with Crippen molar-refractivity contribution in [2.45, 2.75) is 13.3 Å². The zero-order valence-electron chi connectivity index (χ0n) is 8.91. The van der Waals surface area contributed by atoms with Gasteiger partial charge in [0.25, 0.3) is 5.24 Å². The molecule has 5 heteroatoms. The first-order valence-corrected chi connectivity index (χ1v) is 5.98. The molecular weight excluding hydrogens is 212 g/mol. The van der Waals surface area contributed by atoms with E-state index in [1.54, 1.807) is 0 Å². The number of carbonyl (C=O) groups is 2. The molecule has 1 N–H and O–H groups in total. The van der Waals surface area contributed by atoms with Gasteiger partial charge in [-0.1, -0.05) is 25.3 Å². The summed E-state index contributed by atoms with van der Waals surface area (Å²) in [5, 5.41) is 3.03. The van der Waals surface area contributed by atoms with Gasteiger partial charge in [-0.2, -0.15) is 0 Å². The highest BCUT2D eigenvalue weighted by atomic mass is 32.2. The summed E-state index contributed by atoms with van der Waals surface area (Å²) in [7, 11) is 0. The predicted octanol–water partition coefficient (Wildman–Crippen LogP) is 1.24. The van der Waals surface area contributed by atoms with E-state index in [1.165, 1.54) is 4.90 Å². The lowest BCUT2D eigenvalue weighted by Crippen LogP contribution is -2.33. The molecule has 4 nitrogen and oxygen atoms in total. The molecule has 84 valence electrons. The Balaban J connectivity index is 2.31. The van der Waals surface area contributed by atoms with E-state index in [4.69, 9.17) is 0 Å². The predicted molar refractivity (Wildman–Crippen MR) is 61.9 cm³/mol. The molecule has 0 spiro atoms. The second kappa shape index (κ2) is 5.92. The summed E-state index contributed by atoms with van der Waals surface area (Å²) in [5.74, 6) is 0.163. The second-order valence-corrected chi connectivity index (χ2v) is 4.39. The summed E-state index contributed by atoms with van der Waals surface area (Å²) >= 11 is 1.06. The third-order valence-corrected chi connectivity index (χ3v) is 2.88. The van der Waals surface area contributed by atoms with Crippen LogP contribution in [0.5, 0.6) is 0 Å². The molecule has 0 aromatic rings. The molecule has 1 fully saturated rings. The van der Waals surface area contributed by atoms with Crippen LogP contribution in [0.1, 0.15) is 13.3 Å². The molecule has 1 aliphatic rings. The van der Waals surface area contributed by atoms with Crippen LogP contribution in [0, 0.1) is 0 Å². The molecule has 15 heavy (non-hydrogen) atoms. The van der Waals surface area contributed by atoms with Crippen molar-refractivity contribution in [2.75, 3.05) is 25.4 Å². The van der Waals surface area contributed by atoms with Crippen LogP contribution in [0.2, 0.25) is 0 Å². The van der Waals surface area contributed by atoms with Crippen LogP contribution in [0.25, 0.3) is 0 Å². The molecule has 0 radical (unpaired) electrons. The van der Waals surface area contributed by atoms with Crippen molar-refractivity contribution in [3.63, 3.8) is 0 Å². The van der Waals surface area contributed by atoms with Gasteiger partial charge in [-0.15, -0.1) is 0 Å². The van der Waals surface area contributed by atoms with Gasteiger partial charge in [0.2, 0.25) is 5.91 Å². The SMILES string of the molecule is C=C(CNCCC)CN1C(=O)CSC1=O. The van der Waals surface area contributed by atoms with Crippen molar-refractivity contribution in [1.82, 2.24) is 10.2 Å². The minimum absolute atomic E-state index is 0.110. The van der Waals surface area contributed by atoms with Crippen molar-refractivity contribution < 1.29 is 9.59 Å². The Morgan fingerprint density at radius 2 is 2.33 bits per heavy atom. The first-order chi connectivity index (χ1) is 7.15. The average molecular weight is 228 g/mol. The molecule has 1 rings (SSSR count). The lowest BCUT2D eigenvalue weighted by Gasteiger charge is -2.14. The number of nitrogens with zero attached hydrogens (tertiary/aromatic N) is 1. The Hall–Kier alpha value is -0.810. The minimum Gasteiger partial charge on any atom is -0.313 e. The van der Waals surface area contributed by atoms with Crippen LogP contribution in [0.4, 0.5) is 4.79 Å². The highest BCUT2D eigenvalue weighted by Gasteiger charge is 2.29. The van der Waals surface area contributed by atoms with Crippen LogP contribution in [0.3, 0.4) is 0 Å². The first kappa shape index (κ1) is 12.3. The number of imide groups is 1. The maximum atomic E-state index is 11.3. The van der Waals surface area contributed by atoms with Crippen molar-refractivity contribution in [3.8, 4) is 0 Å². The van der Waals surface area contributed by atoms with E-state index in [2.05, 4.69) is 18.8 Å². The largest absolute Gasteiger partial charge is 0.313 e. The Morgan fingerprint density at radius 3 is 2.87 bits per heavy atom. The number of rotatable bonds is 6. The number of thioether (sulfide) groups is 1. The first-order valence-electron chi connectivity index (χ1n) is 4.99. The number of hydrogen-bond donors (Lipinski definition) is 1. The Kier molecular flexibility index (Phi) is 4.84. The zero-order chi connectivity index (χ0) is 11.3. The average Bonchev–Trinajstić information content (AvgIpc) is 2.50. The lowest BCUT2D eigenvalue weighted by atomic mass is 10.3. The van der Waals surface area contributed by atoms with Crippen LogP contribution < -0.4 is 5.32 Å². The molecule has 1 heterocycles. The number of hydrogen-bond acceptors (Lipinski definition) is 4. The van der Waals surface area contributed by atoms with Gasteiger partial charge < -0.3 is 5.32 Å². The van der Waals surface area contributed by atoms with Crippen LogP contribution in [-0.2, 0) is 4.79 Å². The fourth-order valence-electron chi connectivity index (χ4n) is 1.26. The Labute approximate surface area is 94.1 Å². The zero-order valence-corrected chi connectivity index (χ0v) is 9.73. The van der Waals surface area contributed by atoms with Gasteiger partial charge in [0.05, 0.1) is 12.3 Å². The molecule has 2 amide bonds. The molecule has 0 aromatic heterocycles. The molecule has 1 aliphatic heterocycles. The third kappa shape index (κ3) is 3.68. The molecule has 0 unspecified atom stereocenters. The van der Waals surface area contributed by atoms with E-state index in [0.29, 0.717) is 13.1 Å². The molecule has 0 saturated carbocycles. The van der Waals surface area contributed by atoms with E-state index in [-0.39, 0.29) is 16.9 Å². The van der Waals surface area contributed by atoms with E-state index < -0.39 is 0 Å². The standard InChI is InChI=1S/C10H16N2O2S/c1-3-4-11-5-8(2)6-12-9(13)7-15-10(12)14/h11H,2-7H2,1H3. The highest BCUT2D eigenvalue weighted by molar-refractivity contribution is 8.14. The lowest BCUT2D eigenvalue weighted by molar-refractivity contribution is -0.124. The summed E-state index contributed by atoms with van der Waals surface area (Å²) in [4.78, 5) is 23.8. The number of nitrogens with one attached hydrogen (secondary N) is 1. The Bertz CT molecular complexity index is 263. The number of amides is 2. The fourth-order valence-corrected chi connectivity index (χ4v) is 1.98. The summed E-state index contributed by atoms with van der Waals surface area (Å²) in [6, 6.07) is 0. The molecule has 1 saturated heterocycles. The summed E-state index contributed by atoms with van der Waals surface area (Å²) in [6.45, 7) is 7.86. The van der Waals surface area contributed by atoms with Gasteiger partial charge in [0.15, 0.2) is 0 Å². The summed E-state index contributed by atoms with van der Waals surface area (Å²) < 4.78 is 0. The summed E-state index contributed by atoms with van der Waals surface area (Å²) in [6.07, 6.45) is 1.06. The van der Waals surface area contributed by atoms with Gasteiger partial charge in [0.1, 0.15) is 0 Å². The molecule has 0 aliphatic carbocycles. The van der Waals surface area contributed by atoms with Crippen LogP contribution in [-0.4, -0.2) is 41.4 Å². The van der Waals surface area contributed by atoms with Gasteiger partial charge in [-0.3, -0.25) is 14.5 Å². The molecule has 0 bridgehead atoms. The minimum atomic E-state index is -0.156. The van der Waals surface area contributed by atoms with Crippen molar-refractivity contribution in [3.05, 3.63) is 12.2 Å². The van der Waals surface area contributed by atoms with E-state index in [1.807, 2.05) is 0 Å². The maximum Gasteiger partial charge on any atom is 0.289 e. The molecular formula is C10H16N2O2S. The van der Waals surface area contributed by atoms with Crippen molar-refractivity contribution in [1.29, 1.82) is 0 Å². The van der Waals surface area contributed by atoms with E-state index >= 15 is 0 Å². The smallest absolute Gasteiger partial charge is 0.289 e. The van der Waals surface area contributed by atoms with Crippen molar-refractivity contribution >= 4 is 22.9 Å². The third-order valence-electron chi connectivity index (χ3n) is 2.02. The van der Waals surface area contributed by atoms with Gasteiger partial charge in [-0.05, 0) is 18.5 Å². The number of carbonyl (C=O) groups excluding carboxylic acids is 2. The quantitative estimate of drug-likeness (QED) is 0.549. The monoisotopic (exact) mass is 228 g/mol. The molecule has 0 atom stereocenters. The topological polar surface area (TPSA) is 49.4 Å². The van der Waals surface area contributed by atoms with Gasteiger partial charge in [0, 0.05) is 6.54 Å². The maximum absolute atomic E-state index is 11.3. The fraction of sp³-hybridized carbons (Fsp3) is 0.600. The Morgan fingerprint density at radius 1 is 1.60 bits per heavy atom. The van der Waals surface area contributed by atoms with Crippen LogP contribution in [0.15, 0.2) is 12.2 Å².